The largest absolute Gasteiger partial charge is 0.493 e. The van der Waals surface area contributed by atoms with Gasteiger partial charge in [0.25, 0.3) is 5.91 Å². The van der Waals surface area contributed by atoms with E-state index in [2.05, 4.69) is 4.74 Å². The summed E-state index contributed by atoms with van der Waals surface area (Å²) in [6.07, 6.45) is -4.89. The minimum atomic E-state index is -4.89. The summed E-state index contributed by atoms with van der Waals surface area (Å²) in [7, 11) is 3.75. The summed E-state index contributed by atoms with van der Waals surface area (Å²) in [5, 5.41) is 1.85. The molecule has 2 aromatic carbocycles. The fourth-order valence-electron chi connectivity index (χ4n) is 2.65. The summed E-state index contributed by atoms with van der Waals surface area (Å²) in [6.45, 7) is -3.15. The third kappa shape index (κ3) is 5.43. The first-order valence-corrected chi connectivity index (χ1v) is 8.33. The summed E-state index contributed by atoms with van der Waals surface area (Å²) >= 11 is 0. The zero-order valence-corrected chi connectivity index (χ0v) is 16.0. The van der Waals surface area contributed by atoms with Gasteiger partial charge in [0.1, 0.15) is 5.75 Å². The standard InChI is InChI=1S/C19H18F5NO5/c1-27-13-8-11(9-14(28-2)15(13)29-3)16(19(22,23)24)25-17(26)10-5-4-6-12(7-10)30-18(20)21/h4-9,16,18H,1-3H3,(H,25,26)/t16-/m0/s1. The number of hydrogen-bond donors (Lipinski definition) is 1. The third-order valence-corrected chi connectivity index (χ3v) is 3.94. The Balaban J connectivity index is 2.42. The number of halogens is 5. The Morgan fingerprint density at radius 2 is 1.57 bits per heavy atom. The van der Waals surface area contributed by atoms with E-state index >= 15 is 0 Å². The third-order valence-electron chi connectivity index (χ3n) is 3.94. The van der Waals surface area contributed by atoms with Gasteiger partial charge in [-0.05, 0) is 35.9 Å². The zero-order valence-electron chi connectivity index (χ0n) is 16.0. The van der Waals surface area contributed by atoms with E-state index in [1.54, 1.807) is 0 Å². The van der Waals surface area contributed by atoms with Gasteiger partial charge in [0.2, 0.25) is 5.75 Å². The quantitative estimate of drug-likeness (QED) is 0.625. The maximum absolute atomic E-state index is 13.7. The van der Waals surface area contributed by atoms with Gasteiger partial charge in [-0.3, -0.25) is 4.79 Å². The van der Waals surface area contributed by atoms with Gasteiger partial charge in [0.05, 0.1) is 21.3 Å². The van der Waals surface area contributed by atoms with E-state index in [9.17, 15) is 26.7 Å². The lowest BCUT2D eigenvalue weighted by atomic mass is 10.0. The minimum Gasteiger partial charge on any atom is -0.493 e. The van der Waals surface area contributed by atoms with Gasteiger partial charge >= 0.3 is 12.8 Å². The summed E-state index contributed by atoms with van der Waals surface area (Å²) in [5.74, 6) is -1.52. The van der Waals surface area contributed by atoms with E-state index in [0.717, 1.165) is 30.3 Å². The molecule has 1 N–H and O–H groups in total. The maximum atomic E-state index is 13.7. The highest BCUT2D eigenvalue weighted by Gasteiger charge is 2.43. The molecule has 0 bridgehead atoms. The summed E-state index contributed by atoms with van der Waals surface area (Å²) in [5.41, 5.74) is -0.680. The average Bonchev–Trinajstić information content (AvgIpc) is 2.69. The van der Waals surface area contributed by atoms with Crippen molar-refractivity contribution in [1.82, 2.24) is 5.32 Å². The zero-order chi connectivity index (χ0) is 22.5. The van der Waals surface area contributed by atoms with E-state index < -0.39 is 24.7 Å². The van der Waals surface area contributed by atoms with Crippen LogP contribution < -0.4 is 24.3 Å². The number of amides is 1. The Morgan fingerprint density at radius 1 is 0.967 bits per heavy atom. The first-order chi connectivity index (χ1) is 14.1. The summed E-state index contributed by atoms with van der Waals surface area (Å²) in [6, 6.07) is 4.07. The Labute approximate surface area is 168 Å². The number of methoxy groups -OCH3 is 3. The van der Waals surface area contributed by atoms with Crippen molar-refractivity contribution in [3.63, 3.8) is 0 Å². The van der Waals surface area contributed by atoms with E-state index in [0.29, 0.717) is 0 Å². The highest BCUT2D eigenvalue weighted by molar-refractivity contribution is 5.95. The molecule has 6 nitrogen and oxygen atoms in total. The molecule has 0 aliphatic rings. The molecule has 1 atom stereocenters. The van der Waals surface area contributed by atoms with Gasteiger partial charge < -0.3 is 24.3 Å². The van der Waals surface area contributed by atoms with Crippen LogP contribution in [0.3, 0.4) is 0 Å². The molecule has 2 aromatic rings. The highest BCUT2D eigenvalue weighted by Crippen LogP contribution is 2.43. The van der Waals surface area contributed by atoms with E-state index in [4.69, 9.17) is 14.2 Å². The number of carbonyl (C=O) groups excluding carboxylic acids is 1. The highest BCUT2D eigenvalue weighted by atomic mass is 19.4. The molecule has 164 valence electrons. The van der Waals surface area contributed by atoms with Crippen molar-refractivity contribution < 1.29 is 45.7 Å². The van der Waals surface area contributed by atoms with E-state index in [1.165, 1.54) is 27.4 Å². The lowest BCUT2D eigenvalue weighted by Gasteiger charge is -2.24. The SMILES string of the molecule is COc1cc([C@H](NC(=O)c2cccc(OC(F)F)c2)C(F)(F)F)cc(OC)c1OC. The van der Waals surface area contributed by atoms with E-state index in [1.807, 2.05) is 5.32 Å². The molecule has 2 rings (SSSR count). The number of carbonyl (C=O) groups is 1. The molecule has 0 aliphatic heterocycles. The second-order valence-electron chi connectivity index (χ2n) is 5.81. The first-order valence-electron chi connectivity index (χ1n) is 8.33. The number of rotatable bonds is 8. The van der Waals surface area contributed by atoms with Crippen LogP contribution in [-0.4, -0.2) is 40.0 Å². The van der Waals surface area contributed by atoms with Crippen LogP contribution in [0.15, 0.2) is 36.4 Å². The summed E-state index contributed by atoms with van der Waals surface area (Å²) in [4.78, 5) is 12.4. The van der Waals surface area contributed by atoms with Crippen molar-refractivity contribution >= 4 is 5.91 Å². The monoisotopic (exact) mass is 435 g/mol. The first kappa shape index (κ1) is 23.0. The predicted octanol–water partition coefficient (Wildman–Crippen LogP) is 4.35. The van der Waals surface area contributed by atoms with Crippen LogP contribution in [0.25, 0.3) is 0 Å². The lowest BCUT2D eigenvalue weighted by molar-refractivity contribution is -0.155. The Morgan fingerprint density at radius 3 is 2.03 bits per heavy atom. The van der Waals surface area contributed by atoms with Crippen LogP contribution in [0.4, 0.5) is 22.0 Å². The van der Waals surface area contributed by atoms with Crippen LogP contribution in [0.1, 0.15) is 22.0 Å². The molecule has 0 saturated carbocycles. The molecule has 0 saturated heterocycles. The average molecular weight is 435 g/mol. The smallest absolute Gasteiger partial charge is 0.412 e. The van der Waals surface area contributed by atoms with Crippen LogP contribution in [0.2, 0.25) is 0 Å². The van der Waals surface area contributed by atoms with Crippen molar-refractivity contribution in [1.29, 1.82) is 0 Å². The molecule has 11 heteroatoms. The van der Waals surface area contributed by atoms with Crippen molar-refractivity contribution in [3.8, 4) is 23.0 Å². The maximum Gasteiger partial charge on any atom is 0.412 e. The van der Waals surface area contributed by atoms with Gasteiger partial charge in [-0.1, -0.05) is 6.07 Å². The fourth-order valence-corrected chi connectivity index (χ4v) is 2.65. The molecule has 0 aliphatic carbocycles. The lowest BCUT2D eigenvalue weighted by Crippen LogP contribution is -2.38. The second-order valence-corrected chi connectivity index (χ2v) is 5.81. The molecule has 1 amide bonds. The van der Waals surface area contributed by atoms with Crippen LogP contribution in [-0.2, 0) is 0 Å². The van der Waals surface area contributed by atoms with Gasteiger partial charge in [-0.25, -0.2) is 0 Å². The van der Waals surface area contributed by atoms with Crippen molar-refractivity contribution in [3.05, 3.63) is 47.5 Å². The van der Waals surface area contributed by atoms with Crippen molar-refractivity contribution in [2.75, 3.05) is 21.3 Å². The van der Waals surface area contributed by atoms with Gasteiger partial charge in [0, 0.05) is 5.56 Å². The van der Waals surface area contributed by atoms with Crippen LogP contribution in [0.5, 0.6) is 23.0 Å². The molecule has 0 heterocycles. The fraction of sp³-hybridized carbons (Fsp3) is 0.316. The number of nitrogens with one attached hydrogen (secondary N) is 1. The van der Waals surface area contributed by atoms with Gasteiger partial charge in [-0.2, -0.15) is 22.0 Å². The van der Waals surface area contributed by atoms with E-state index in [-0.39, 0.29) is 34.1 Å². The summed E-state index contributed by atoms with van der Waals surface area (Å²) < 4.78 is 85.2. The second kappa shape index (κ2) is 9.51. The minimum absolute atomic E-state index is 0.0392. The van der Waals surface area contributed by atoms with Crippen molar-refractivity contribution in [2.24, 2.45) is 0 Å². The van der Waals surface area contributed by atoms with Gasteiger partial charge in [-0.15, -0.1) is 0 Å². The molecule has 0 spiro atoms. The molecule has 0 unspecified atom stereocenters. The normalized spacial score (nSPS) is 12.3. The number of alkyl halides is 5. The molecule has 0 radical (unpaired) electrons. The molecular formula is C19H18F5NO5. The van der Waals surface area contributed by atoms with Crippen LogP contribution >= 0.6 is 0 Å². The molecule has 0 fully saturated rings. The Bertz CT molecular complexity index is 863. The Hall–Kier alpha value is -3.24. The van der Waals surface area contributed by atoms with Crippen LogP contribution in [0, 0.1) is 0 Å². The predicted molar refractivity (Wildman–Crippen MR) is 95.4 cm³/mol. The number of hydrogen-bond acceptors (Lipinski definition) is 5. The molecule has 30 heavy (non-hydrogen) atoms. The Kier molecular flexibility index (Phi) is 7.30. The van der Waals surface area contributed by atoms with Crippen molar-refractivity contribution in [2.45, 2.75) is 18.8 Å². The molecular weight excluding hydrogens is 417 g/mol. The number of ether oxygens (including phenoxy) is 4. The van der Waals surface area contributed by atoms with Gasteiger partial charge in [0.15, 0.2) is 17.5 Å². The molecule has 0 aromatic heterocycles. The number of benzene rings is 2. The topological polar surface area (TPSA) is 66.0 Å².